The second-order valence-corrected chi connectivity index (χ2v) is 7.44. The van der Waals surface area contributed by atoms with Crippen LogP contribution in [-0.4, -0.2) is 13.7 Å². The largest absolute Gasteiger partial charge is 0.223 e. The zero-order valence-electron chi connectivity index (χ0n) is 11.2. The summed E-state index contributed by atoms with van der Waals surface area (Å²) < 4.78 is 25.4. The molecular weight excluding hydrogens is 258 g/mol. The Balaban J connectivity index is 2.39. The van der Waals surface area contributed by atoms with Gasteiger partial charge in [0, 0.05) is 0 Å². The summed E-state index contributed by atoms with van der Waals surface area (Å²) in [7, 11) is -3.39. The number of rotatable bonds is 2. The van der Waals surface area contributed by atoms with Crippen LogP contribution in [0.1, 0.15) is 37.7 Å². The smallest absolute Gasteiger partial charge is 0.182 e. The van der Waals surface area contributed by atoms with Crippen LogP contribution in [0.15, 0.2) is 29.2 Å². The van der Waals surface area contributed by atoms with E-state index in [1.807, 2.05) is 13.0 Å². The zero-order valence-corrected chi connectivity index (χ0v) is 12.0. The van der Waals surface area contributed by atoms with E-state index in [2.05, 4.69) is 6.07 Å². The third-order valence-corrected chi connectivity index (χ3v) is 6.11. The van der Waals surface area contributed by atoms with Crippen molar-refractivity contribution >= 4 is 9.84 Å². The van der Waals surface area contributed by atoms with Crippen molar-refractivity contribution in [2.75, 3.05) is 0 Å². The van der Waals surface area contributed by atoms with E-state index >= 15 is 0 Å². The molecule has 102 valence electrons. The first kappa shape index (κ1) is 14.1. The van der Waals surface area contributed by atoms with Gasteiger partial charge >= 0.3 is 0 Å². The molecule has 1 fully saturated rings. The lowest BCUT2D eigenvalue weighted by molar-refractivity contribution is 0.523. The Morgan fingerprint density at radius 1 is 1.21 bits per heavy atom. The van der Waals surface area contributed by atoms with Gasteiger partial charge in [-0.15, -0.1) is 0 Å². The van der Waals surface area contributed by atoms with Crippen molar-refractivity contribution in [1.82, 2.24) is 0 Å². The Morgan fingerprint density at radius 3 is 2.63 bits per heavy atom. The van der Waals surface area contributed by atoms with Crippen molar-refractivity contribution in [2.45, 2.75) is 49.2 Å². The van der Waals surface area contributed by atoms with Crippen LogP contribution in [0.4, 0.5) is 0 Å². The number of hydrogen-bond acceptors (Lipinski definition) is 3. The molecule has 2 atom stereocenters. The molecule has 0 spiro atoms. The molecule has 0 N–H and O–H groups in total. The number of sulfone groups is 1. The van der Waals surface area contributed by atoms with E-state index in [1.165, 1.54) is 0 Å². The van der Waals surface area contributed by atoms with E-state index in [9.17, 15) is 13.7 Å². The highest BCUT2D eigenvalue weighted by atomic mass is 32.2. The van der Waals surface area contributed by atoms with Crippen molar-refractivity contribution in [2.24, 2.45) is 5.92 Å². The van der Waals surface area contributed by atoms with E-state index in [4.69, 9.17) is 0 Å². The molecule has 1 aliphatic carbocycles. The second-order valence-electron chi connectivity index (χ2n) is 5.27. The molecule has 3 nitrogen and oxygen atoms in total. The summed E-state index contributed by atoms with van der Waals surface area (Å²) in [5, 5.41) is 8.70. The maximum Gasteiger partial charge on any atom is 0.182 e. The predicted octanol–water partition coefficient (Wildman–Crippen LogP) is 3.24. The minimum atomic E-state index is -3.39. The summed E-state index contributed by atoms with van der Waals surface area (Å²) in [5.41, 5.74) is 0.934. The van der Waals surface area contributed by atoms with Crippen molar-refractivity contribution in [3.8, 4) is 6.07 Å². The van der Waals surface area contributed by atoms with Crippen LogP contribution in [0, 0.1) is 24.2 Å². The summed E-state index contributed by atoms with van der Waals surface area (Å²) in [6.07, 6.45) is 4.19. The van der Waals surface area contributed by atoms with Crippen molar-refractivity contribution < 1.29 is 8.42 Å². The highest BCUT2D eigenvalue weighted by Crippen LogP contribution is 2.32. The van der Waals surface area contributed by atoms with Gasteiger partial charge in [-0.3, -0.25) is 0 Å². The maximum absolute atomic E-state index is 12.7. The van der Waals surface area contributed by atoms with Crippen LogP contribution in [0.25, 0.3) is 0 Å². The minimum absolute atomic E-state index is 0.361. The molecule has 1 saturated carbocycles. The quantitative estimate of drug-likeness (QED) is 0.780. The maximum atomic E-state index is 12.7. The zero-order chi connectivity index (χ0) is 13.9. The number of aryl methyl sites for hydroxylation is 1. The molecule has 0 radical (unpaired) electrons. The highest BCUT2D eigenvalue weighted by Gasteiger charge is 2.35. The molecule has 0 aliphatic heterocycles. The number of benzene rings is 1. The lowest BCUT2D eigenvalue weighted by atomic mass is 10.0. The van der Waals surface area contributed by atoms with Crippen molar-refractivity contribution in [1.29, 1.82) is 5.26 Å². The average molecular weight is 277 g/mol. The van der Waals surface area contributed by atoms with Crippen molar-refractivity contribution in [3.63, 3.8) is 0 Å². The fourth-order valence-electron chi connectivity index (χ4n) is 2.76. The molecule has 0 bridgehead atoms. The first-order valence-corrected chi connectivity index (χ1v) is 8.30. The monoisotopic (exact) mass is 277 g/mol. The molecule has 2 unspecified atom stereocenters. The molecule has 1 aromatic rings. The number of nitrogens with zero attached hydrogens (tertiary/aromatic N) is 1. The molecule has 0 saturated heterocycles. The molecule has 4 heteroatoms. The summed E-state index contributed by atoms with van der Waals surface area (Å²) in [5.74, 6) is -0.368. The van der Waals surface area contributed by atoms with Crippen LogP contribution >= 0.6 is 0 Å². The predicted molar refractivity (Wildman–Crippen MR) is 74.3 cm³/mol. The van der Waals surface area contributed by atoms with Gasteiger partial charge in [-0.05, 0) is 37.5 Å². The van der Waals surface area contributed by atoms with Gasteiger partial charge in [0.05, 0.1) is 22.1 Å². The van der Waals surface area contributed by atoms with Gasteiger partial charge in [0.2, 0.25) is 0 Å². The van der Waals surface area contributed by atoms with Gasteiger partial charge in [-0.1, -0.05) is 31.4 Å². The molecule has 0 aromatic heterocycles. The third-order valence-electron chi connectivity index (χ3n) is 3.84. The first-order chi connectivity index (χ1) is 9.05. The molecule has 2 rings (SSSR count). The summed E-state index contributed by atoms with van der Waals surface area (Å²) >= 11 is 0. The number of hydrogen-bond donors (Lipinski definition) is 0. The Kier molecular flexibility index (Phi) is 4.26. The molecule has 1 aliphatic rings. The molecule has 0 heterocycles. The minimum Gasteiger partial charge on any atom is -0.223 e. The topological polar surface area (TPSA) is 57.9 Å². The summed E-state index contributed by atoms with van der Waals surface area (Å²) in [6.45, 7) is 1.88. The third kappa shape index (κ3) is 2.98. The van der Waals surface area contributed by atoms with E-state index in [0.717, 1.165) is 24.8 Å². The van der Waals surface area contributed by atoms with Crippen LogP contribution in [-0.2, 0) is 9.84 Å². The standard InChI is InChI=1S/C15H19NO2S/c1-12-6-5-8-14(10-12)19(17,18)15-9-4-2-3-7-13(15)11-16/h5-6,8,10,13,15H,2-4,7,9H2,1H3. The Labute approximate surface area is 115 Å². The highest BCUT2D eigenvalue weighted by molar-refractivity contribution is 7.92. The normalized spacial score (nSPS) is 24.4. The van der Waals surface area contributed by atoms with Crippen LogP contribution in [0.3, 0.4) is 0 Å². The first-order valence-electron chi connectivity index (χ1n) is 6.76. The van der Waals surface area contributed by atoms with Gasteiger partial charge in [0.15, 0.2) is 9.84 Å². The lowest BCUT2D eigenvalue weighted by Gasteiger charge is -2.20. The lowest BCUT2D eigenvalue weighted by Crippen LogP contribution is -2.28. The van der Waals surface area contributed by atoms with Gasteiger partial charge in [0.1, 0.15) is 0 Å². The average Bonchev–Trinajstić information content (AvgIpc) is 2.64. The fraction of sp³-hybridized carbons (Fsp3) is 0.533. The van der Waals surface area contributed by atoms with E-state index < -0.39 is 15.1 Å². The van der Waals surface area contributed by atoms with Gasteiger partial charge in [-0.25, -0.2) is 8.42 Å². The van der Waals surface area contributed by atoms with Gasteiger partial charge < -0.3 is 0 Å². The van der Waals surface area contributed by atoms with Gasteiger partial charge in [-0.2, -0.15) is 5.26 Å². The van der Waals surface area contributed by atoms with Crippen LogP contribution < -0.4 is 0 Å². The SMILES string of the molecule is Cc1cccc(S(=O)(=O)C2CCCCCC2C#N)c1. The van der Waals surface area contributed by atoms with Crippen LogP contribution in [0.2, 0.25) is 0 Å². The molecular formula is C15H19NO2S. The van der Waals surface area contributed by atoms with E-state index in [1.54, 1.807) is 18.2 Å². The number of nitriles is 1. The van der Waals surface area contributed by atoms with E-state index in [0.29, 0.717) is 17.7 Å². The Bertz CT molecular complexity index is 586. The van der Waals surface area contributed by atoms with E-state index in [-0.39, 0.29) is 5.92 Å². The van der Waals surface area contributed by atoms with Crippen molar-refractivity contribution in [3.05, 3.63) is 29.8 Å². The fourth-order valence-corrected chi connectivity index (χ4v) is 4.83. The Morgan fingerprint density at radius 2 is 1.95 bits per heavy atom. The summed E-state index contributed by atoms with van der Waals surface area (Å²) in [6, 6.07) is 9.20. The second kappa shape index (κ2) is 5.75. The Hall–Kier alpha value is -1.34. The summed E-state index contributed by atoms with van der Waals surface area (Å²) in [4.78, 5) is 0.361. The molecule has 19 heavy (non-hydrogen) atoms. The molecule has 1 aromatic carbocycles. The molecule has 0 amide bonds. The van der Waals surface area contributed by atoms with Gasteiger partial charge in [0.25, 0.3) is 0 Å². The van der Waals surface area contributed by atoms with Crippen LogP contribution in [0.5, 0.6) is 0 Å².